The third kappa shape index (κ3) is 3.92. The van der Waals surface area contributed by atoms with Crippen molar-refractivity contribution in [3.8, 4) is 5.75 Å². The van der Waals surface area contributed by atoms with Crippen molar-refractivity contribution < 1.29 is 18.3 Å². The topological polar surface area (TPSA) is 56.2 Å². The van der Waals surface area contributed by atoms with Crippen molar-refractivity contribution in [3.05, 3.63) is 39.6 Å². The molecule has 1 N–H and O–H groups in total. The van der Waals surface area contributed by atoms with Crippen LogP contribution in [0.25, 0.3) is 0 Å². The van der Waals surface area contributed by atoms with Gasteiger partial charge in [0.15, 0.2) is 0 Å². The number of amides is 1. The van der Waals surface area contributed by atoms with E-state index < -0.39 is 12.7 Å². The van der Waals surface area contributed by atoms with E-state index in [9.17, 15) is 13.6 Å². The summed E-state index contributed by atoms with van der Waals surface area (Å²) in [6.45, 7) is 4.13. The number of rotatable bonds is 5. The van der Waals surface area contributed by atoms with E-state index in [1.165, 1.54) is 12.1 Å². The summed E-state index contributed by atoms with van der Waals surface area (Å²) in [6.07, 6.45) is 0. The van der Waals surface area contributed by atoms with Gasteiger partial charge < -0.3 is 10.1 Å². The first-order valence-corrected chi connectivity index (χ1v) is 8.07. The summed E-state index contributed by atoms with van der Waals surface area (Å²) in [5, 5.41) is 6.94. The Morgan fingerprint density at radius 3 is 2.54 bits per heavy atom. The fraction of sp³-hybridized carbons (Fsp3) is 0.375. The van der Waals surface area contributed by atoms with E-state index in [1.54, 1.807) is 24.6 Å². The normalized spacial score (nSPS) is 12.3. The van der Waals surface area contributed by atoms with E-state index in [2.05, 4.69) is 31.1 Å². The first-order chi connectivity index (χ1) is 11.2. The summed E-state index contributed by atoms with van der Waals surface area (Å²) in [6, 6.07) is 4.08. The van der Waals surface area contributed by atoms with Gasteiger partial charge in [0.25, 0.3) is 0 Å². The summed E-state index contributed by atoms with van der Waals surface area (Å²) in [5.74, 6) is -0.448. The Balaban J connectivity index is 2.24. The predicted molar refractivity (Wildman–Crippen MR) is 90.6 cm³/mol. The van der Waals surface area contributed by atoms with E-state index in [4.69, 9.17) is 0 Å². The summed E-state index contributed by atoms with van der Waals surface area (Å²) in [7, 11) is 0. The Labute approximate surface area is 147 Å². The molecule has 1 atom stereocenters. The van der Waals surface area contributed by atoms with E-state index >= 15 is 0 Å². The van der Waals surface area contributed by atoms with Gasteiger partial charge in [-0.2, -0.15) is 13.9 Å². The van der Waals surface area contributed by atoms with Gasteiger partial charge in [0.1, 0.15) is 11.8 Å². The summed E-state index contributed by atoms with van der Waals surface area (Å²) in [4.78, 5) is 12.5. The molecule has 0 spiro atoms. The van der Waals surface area contributed by atoms with Gasteiger partial charge in [-0.3, -0.25) is 9.48 Å². The smallest absolute Gasteiger partial charge is 0.387 e. The van der Waals surface area contributed by atoms with Crippen molar-refractivity contribution in [1.29, 1.82) is 0 Å². The maximum atomic E-state index is 12.5. The molecule has 24 heavy (non-hydrogen) atoms. The molecule has 0 aliphatic carbocycles. The van der Waals surface area contributed by atoms with Crippen LogP contribution in [0.4, 0.5) is 14.5 Å². The standard InChI is InChI=1S/C16H18BrF2N3O2/c1-8-5-6-12(13(7-8)24-16(18)19)20-15(23)11(4)22-10(3)14(17)9(2)21-22/h5-7,11,16H,1-4H3,(H,20,23). The van der Waals surface area contributed by atoms with Crippen molar-refractivity contribution in [2.75, 3.05) is 5.32 Å². The van der Waals surface area contributed by atoms with E-state index in [0.717, 1.165) is 21.4 Å². The molecule has 1 aromatic carbocycles. The molecule has 1 unspecified atom stereocenters. The van der Waals surface area contributed by atoms with Gasteiger partial charge in [-0.25, -0.2) is 0 Å². The zero-order valence-corrected chi connectivity index (χ0v) is 15.3. The molecule has 0 fully saturated rings. The molecule has 1 aromatic heterocycles. The minimum atomic E-state index is -2.97. The number of anilines is 1. The third-order valence-corrected chi connectivity index (χ3v) is 4.74. The molecule has 5 nitrogen and oxygen atoms in total. The fourth-order valence-electron chi connectivity index (χ4n) is 2.29. The van der Waals surface area contributed by atoms with Crippen LogP contribution < -0.4 is 10.1 Å². The van der Waals surface area contributed by atoms with Crippen LogP contribution in [-0.4, -0.2) is 22.3 Å². The van der Waals surface area contributed by atoms with Crippen LogP contribution in [0, 0.1) is 20.8 Å². The van der Waals surface area contributed by atoms with Gasteiger partial charge in [-0.1, -0.05) is 6.07 Å². The molecule has 0 radical (unpaired) electrons. The Hall–Kier alpha value is -1.96. The largest absolute Gasteiger partial charge is 0.433 e. The maximum Gasteiger partial charge on any atom is 0.387 e. The minimum absolute atomic E-state index is 0.0694. The molecule has 0 saturated carbocycles. The summed E-state index contributed by atoms with van der Waals surface area (Å²) >= 11 is 3.41. The minimum Gasteiger partial charge on any atom is -0.433 e. The number of nitrogens with one attached hydrogen (secondary N) is 1. The number of aryl methyl sites for hydroxylation is 2. The van der Waals surface area contributed by atoms with Gasteiger partial charge in [0.2, 0.25) is 5.91 Å². The number of carbonyl (C=O) groups excluding carboxylic acids is 1. The van der Waals surface area contributed by atoms with Crippen LogP contribution in [0.5, 0.6) is 5.75 Å². The van der Waals surface area contributed by atoms with Gasteiger partial charge >= 0.3 is 6.61 Å². The van der Waals surface area contributed by atoms with Gasteiger partial charge in [-0.05, 0) is 61.3 Å². The zero-order chi connectivity index (χ0) is 18.0. The van der Waals surface area contributed by atoms with Gasteiger partial charge in [0, 0.05) is 0 Å². The molecule has 2 rings (SSSR count). The number of hydrogen-bond donors (Lipinski definition) is 1. The number of nitrogens with zero attached hydrogens (tertiary/aromatic N) is 2. The van der Waals surface area contributed by atoms with Crippen LogP contribution in [0.1, 0.15) is 29.9 Å². The highest BCUT2D eigenvalue weighted by Crippen LogP contribution is 2.29. The third-order valence-electron chi connectivity index (χ3n) is 3.59. The highest BCUT2D eigenvalue weighted by atomic mass is 79.9. The first kappa shape index (κ1) is 18.4. The second kappa shape index (κ2) is 7.29. The van der Waals surface area contributed by atoms with Crippen molar-refractivity contribution in [1.82, 2.24) is 9.78 Å². The van der Waals surface area contributed by atoms with Crippen molar-refractivity contribution in [3.63, 3.8) is 0 Å². The Kier molecular flexibility index (Phi) is 5.58. The monoisotopic (exact) mass is 401 g/mol. The maximum absolute atomic E-state index is 12.5. The van der Waals surface area contributed by atoms with Crippen LogP contribution in [0.15, 0.2) is 22.7 Å². The summed E-state index contributed by atoms with van der Waals surface area (Å²) in [5.41, 5.74) is 2.52. The molecule has 1 heterocycles. The van der Waals surface area contributed by atoms with E-state index in [0.29, 0.717) is 0 Å². The number of aromatic nitrogens is 2. The number of ether oxygens (including phenoxy) is 1. The molecule has 0 bridgehead atoms. The van der Waals surface area contributed by atoms with Crippen molar-refractivity contribution >= 4 is 27.5 Å². The molecule has 130 valence electrons. The Morgan fingerprint density at radius 2 is 2.00 bits per heavy atom. The highest BCUT2D eigenvalue weighted by molar-refractivity contribution is 9.10. The molecule has 0 saturated heterocycles. The number of carbonyl (C=O) groups is 1. The number of benzene rings is 1. The molecule has 1 amide bonds. The van der Waals surface area contributed by atoms with Crippen molar-refractivity contribution in [2.24, 2.45) is 0 Å². The molecule has 2 aromatic rings. The molecular formula is C16H18BrF2N3O2. The lowest BCUT2D eigenvalue weighted by Crippen LogP contribution is -2.25. The number of alkyl halides is 2. The first-order valence-electron chi connectivity index (χ1n) is 7.28. The average molecular weight is 402 g/mol. The molecule has 0 aliphatic rings. The van der Waals surface area contributed by atoms with E-state index in [-0.39, 0.29) is 17.3 Å². The lowest BCUT2D eigenvalue weighted by atomic mass is 10.2. The SMILES string of the molecule is Cc1ccc(NC(=O)C(C)n2nc(C)c(Br)c2C)c(OC(F)F)c1. The highest BCUT2D eigenvalue weighted by Gasteiger charge is 2.22. The number of hydrogen-bond acceptors (Lipinski definition) is 3. The molecule has 8 heteroatoms. The van der Waals surface area contributed by atoms with E-state index in [1.807, 2.05) is 13.8 Å². The molecule has 0 aliphatic heterocycles. The van der Waals surface area contributed by atoms with Crippen LogP contribution in [0.3, 0.4) is 0 Å². The van der Waals surface area contributed by atoms with Crippen molar-refractivity contribution in [2.45, 2.75) is 40.3 Å². The quantitative estimate of drug-likeness (QED) is 0.808. The lowest BCUT2D eigenvalue weighted by Gasteiger charge is -2.17. The number of halogens is 3. The van der Waals surface area contributed by atoms with Crippen LogP contribution in [-0.2, 0) is 4.79 Å². The second-order valence-electron chi connectivity index (χ2n) is 5.47. The summed E-state index contributed by atoms with van der Waals surface area (Å²) < 4.78 is 32.0. The zero-order valence-electron chi connectivity index (χ0n) is 13.7. The average Bonchev–Trinajstić information content (AvgIpc) is 2.76. The van der Waals surface area contributed by atoms with Crippen LogP contribution >= 0.6 is 15.9 Å². The Bertz CT molecular complexity index is 762. The Morgan fingerprint density at radius 1 is 1.33 bits per heavy atom. The van der Waals surface area contributed by atoms with Gasteiger partial charge in [-0.15, -0.1) is 0 Å². The van der Waals surface area contributed by atoms with Crippen LogP contribution in [0.2, 0.25) is 0 Å². The van der Waals surface area contributed by atoms with Gasteiger partial charge in [0.05, 0.1) is 21.5 Å². The second-order valence-corrected chi connectivity index (χ2v) is 6.27. The lowest BCUT2D eigenvalue weighted by molar-refractivity contribution is -0.119. The molecular weight excluding hydrogens is 384 g/mol. The predicted octanol–water partition coefficient (Wildman–Crippen LogP) is 4.37. The fourth-order valence-corrected chi connectivity index (χ4v) is 2.56.